The van der Waals surface area contributed by atoms with Crippen LogP contribution in [-0.2, 0) is 0 Å². The molecule has 2 N–H and O–H groups in total. The van der Waals surface area contributed by atoms with Crippen LogP contribution in [0.1, 0.15) is 5.82 Å². The molecular formula is C14H10N8. The summed E-state index contributed by atoms with van der Waals surface area (Å²) in [6.07, 6.45) is 6.52. The third-order valence-electron chi connectivity index (χ3n) is 2.87. The van der Waals surface area contributed by atoms with Crippen molar-refractivity contribution >= 4 is 11.3 Å². The van der Waals surface area contributed by atoms with E-state index in [1.807, 2.05) is 30.3 Å². The minimum atomic E-state index is 0.244. The summed E-state index contributed by atoms with van der Waals surface area (Å²) in [5.41, 5.74) is 3.06. The van der Waals surface area contributed by atoms with Gasteiger partial charge in [-0.25, -0.2) is 9.97 Å². The second-order valence-electron chi connectivity index (χ2n) is 4.25. The van der Waals surface area contributed by atoms with E-state index in [4.69, 9.17) is 5.26 Å². The predicted octanol–water partition coefficient (Wildman–Crippen LogP) is 1.63. The minimum Gasteiger partial charge on any atom is -0.360 e. The number of H-pyrrole nitrogens is 1. The molecule has 0 unspecified atom stereocenters. The number of nitriles is 1. The highest BCUT2D eigenvalue weighted by Crippen LogP contribution is 2.20. The van der Waals surface area contributed by atoms with Crippen LogP contribution in [-0.4, -0.2) is 30.6 Å². The summed E-state index contributed by atoms with van der Waals surface area (Å²) in [5, 5.41) is 25.4. The Bertz CT molecular complexity index is 800. The van der Waals surface area contributed by atoms with E-state index in [0.717, 1.165) is 16.8 Å². The number of aromatic amines is 1. The Morgan fingerprint density at radius 3 is 2.55 bits per heavy atom. The zero-order chi connectivity index (χ0) is 15.2. The lowest BCUT2D eigenvalue weighted by molar-refractivity contribution is 0.881. The first-order valence-corrected chi connectivity index (χ1v) is 6.33. The first kappa shape index (κ1) is 13.4. The number of hydrogen-bond donors (Lipinski definition) is 2. The highest BCUT2D eigenvalue weighted by Gasteiger charge is 2.05. The van der Waals surface area contributed by atoms with Gasteiger partial charge in [0.05, 0.1) is 0 Å². The average molecular weight is 290 g/mol. The van der Waals surface area contributed by atoms with Gasteiger partial charge in [-0.1, -0.05) is 12.1 Å². The normalized spacial score (nSPS) is 11.0. The van der Waals surface area contributed by atoms with Gasteiger partial charge < -0.3 is 5.32 Å². The molecule has 0 aliphatic heterocycles. The van der Waals surface area contributed by atoms with Gasteiger partial charge in [-0.2, -0.15) is 10.5 Å². The maximum absolute atomic E-state index is 9.07. The van der Waals surface area contributed by atoms with E-state index < -0.39 is 0 Å². The summed E-state index contributed by atoms with van der Waals surface area (Å²) in [4.78, 5) is 7.98. The van der Waals surface area contributed by atoms with E-state index in [1.165, 1.54) is 12.5 Å². The molecule has 0 saturated carbocycles. The lowest BCUT2D eigenvalue weighted by Gasteiger charge is -2.04. The van der Waals surface area contributed by atoms with Crippen LogP contribution < -0.4 is 5.32 Å². The quantitative estimate of drug-likeness (QED) is 0.701. The van der Waals surface area contributed by atoms with Crippen LogP contribution in [0.5, 0.6) is 0 Å². The standard InChI is InChI=1S/C14H10N8/c15-5-11(14-19-21-22-20-14)8-18-13-3-1-10(2-4-13)12-6-16-9-17-7-12/h1-4,6-9,18H,(H,19,20,21,22). The molecule has 0 radical (unpaired) electrons. The van der Waals surface area contributed by atoms with Crippen molar-refractivity contribution in [2.45, 2.75) is 0 Å². The highest BCUT2D eigenvalue weighted by atomic mass is 15.5. The number of rotatable bonds is 4. The van der Waals surface area contributed by atoms with Gasteiger partial charge in [0.15, 0.2) is 0 Å². The van der Waals surface area contributed by atoms with E-state index in [0.29, 0.717) is 0 Å². The summed E-state index contributed by atoms with van der Waals surface area (Å²) in [7, 11) is 0. The van der Waals surface area contributed by atoms with E-state index in [9.17, 15) is 0 Å². The molecule has 8 nitrogen and oxygen atoms in total. The average Bonchev–Trinajstić information content (AvgIpc) is 3.11. The molecule has 2 heterocycles. The van der Waals surface area contributed by atoms with Crippen molar-refractivity contribution in [1.82, 2.24) is 30.6 Å². The molecule has 0 fully saturated rings. The van der Waals surface area contributed by atoms with Gasteiger partial charge >= 0.3 is 0 Å². The van der Waals surface area contributed by atoms with E-state index in [1.54, 1.807) is 12.4 Å². The summed E-state index contributed by atoms with van der Waals surface area (Å²) >= 11 is 0. The molecule has 0 aliphatic rings. The van der Waals surface area contributed by atoms with Crippen molar-refractivity contribution in [3.63, 3.8) is 0 Å². The van der Waals surface area contributed by atoms with Gasteiger partial charge in [-0.3, -0.25) is 0 Å². The van der Waals surface area contributed by atoms with E-state index in [2.05, 4.69) is 35.9 Å². The van der Waals surface area contributed by atoms with Gasteiger partial charge in [-0.05, 0) is 22.9 Å². The molecule has 0 atom stereocenters. The third kappa shape index (κ3) is 2.94. The molecule has 2 aromatic heterocycles. The molecule has 3 rings (SSSR count). The molecule has 0 bridgehead atoms. The summed E-state index contributed by atoms with van der Waals surface area (Å²) in [6, 6.07) is 9.67. The van der Waals surface area contributed by atoms with Gasteiger partial charge in [0, 0.05) is 29.8 Å². The minimum absolute atomic E-state index is 0.244. The van der Waals surface area contributed by atoms with E-state index in [-0.39, 0.29) is 11.4 Å². The zero-order valence-electron chi connectivity index (χ0n) is 11.3. The fraction of sp³-hybridized carbons (Fsp3) is 0. The van der Waals surface area contributed by atoms with Crippen molar-refractivity contribution < 1.29 is 0 Å². The van der Waals surface area contributed by atoms with E-state index >= 15 is 0 Å². The van der Waals surface area contributed by atoms with Crippen LogP contribution in [0.4, 0.5) is 5.69 Å². The number of benzene rings is 1. The van der Waals surface area contributed by atoms with Crippen molar-refractivity contribution in [2.24, 2.45) is 0 Å². The number of nitrogens with one attached hydrogen (secondary N) is 2. The van der Waals surface area contributed by atoms with Gasteiger partial charge in [-0.15, -0.1) is 10.2 Å². The number of nitrogens with zero attached hydrogens (tertiary/aromatic N) is 6. The molecular weight excluding hydrogens is 280 g/mol. The van der Waals surface area contributed by atoms with Crippen molar-refractivity contribution in [1.29, 1.82) is 5.26 Å². The number of aromatic nitrogens is 6. The largest absolute Gasteiger partial charge is 0.360 e. The number of allylic oxidation sites excluding steroid dienone is 1. The Kier molecular flexibility index (Phi) is 3.79. The molecule has 0 amide bonds. The molecule has 1 aromatic carbocycles. The van der Waals surface area contributed by atoms with Crippen LogP contribution in [0.15, 0.2) is 49.2 Å². The second kappa shape index (κ2) is 6.23. The zero-order valence-corrected chi connectivity index (χ0v) is 11.3. The molecule has 3 aromatic rings. The lowest BCUT2D eigenvalue weighted by Crippen LogP contribution is -1.93. The Labute approximate surface area is 125 Å². The van der Waals surface area contributed by atoms with Crippen molar-refractivity contribution in [3.8, 4) is 17.2 Å². The Balaban J connectivity index is 1.76. The summed E-state index contributed by atoms with van der Waals surface area (Å²) < 4.78 is 0. The smallest absolute Gasteiger partial charge is 0.216 e. The van der Waals surface area contributed by atoms with Crippen molar-refractivity contribution in [2.75, 3.05) is 5.32 Å². The van der Waals surface area contributed by atoms with Crippen LogP contribution in [0, 0.1) is 11.3 Å². The first-order valence-electron chi connectivity index (χ1n) is 6.33. The van der Waals surface area contributed by atoms with Crippen LogP contribution in [0.25, 0.3) is 16.7 Å². The van der Waals surface area contributed by atoms with Crippen LogP contribution in [0.2, 0.25) is 0 Å². The van der Waals surface area contributed by atoms with Crippen LogP contribution >= 0.6 is 0 Å². The molecule has 106 valence electrons. The second-order valence-corrected chi connectivity index (χ2v) is 4.25. The summed E-state index contributed by atoms with van der Waals surface area (Å²) in [5.74, 6) is 0.244. The molecule has 0 spiro atoms. The molecule has 22 heavy (non-hydrogen) atoms. The highest BCUT2D eigenvalue weighted by molar-refractivity contribution is 5.74. The summed E-state index contributed by atoms with van der Waals surface area (Å²) in [6.45, 7) is 0. The Morgan fingerprint density at radius 1 is 1.14 bits per heavy atom. The maximum atomic E-state index is 9.07. The number of hydrogen-bond acceptors (Lipinski definition) is 7. The fourth-order valence-electron chi connectivity index (χ4n) is 1.79. The Morgan fingerprint density at radius 2 is 1.91 bits per heavy atom. The van der Waals surface area contributed by atoms with Crippen molar-refractivity contribution in [3.05, 3.63) is 55.0 Å². The maximum Gasteiger partial charge on any atom is 0.216 e. The van der Waals surface area contributed by atoms with Gasteiger partial charge in [0.1, 0.15) is 18.0 Å². The van der Waals surface area contributed by atoms with Gasteiger partial charge in [0.25, 0.3) is 0 Å². The Hall–Kier alpha value is -3.60. The molecule has 0 aliphatic carbocycles. The van der Waals surface area contributed by atoms with Gasteiger partial charge in [0.2, 0.25) is 5.82 Å². The van der Waals surface area contributed by atoms with Crippen LogP contribution in [0.3, 0.4) is 0 Å². The third-order valence-corrected chi connectivity index (χ3v) is 2.87. The topological polar surface area (TPSA) is 116 Å². The predicted molar refractivity (Wildman–Crippen MR) is 78.9 cm³/mol. The molecule has 8 heteroatoms. The lowest BCUT2D eigenvalue weighted by atomic mass is 10.1. The first-order chi connectivity index (χ1) is 10.9. The monoisotopic (exact) mass is 290 g/mol. The fourth-order valence-corrected chi connectivity index (χ4v) is 1.79. The number of anilines is 1. The molecule has 0 saturated heterocycles. The number of tetrazole rings is 1. The SMILES string of the molecule is N#CC(=CNc1ccc(-c2cncnc2)cc1)c1nn[nH]n1.